The van der Waals surface area contributed by atoms with Gasteiger partial charge < -0.3 is 39.9 Å². The number of aromatic amines is 2. The molecule has 6 aromatic carbocycles. The van der Waals surface area contributed by atoms with E-state index in [0.29, 0.717) is 11.8 Å². The molecule has 2 aliphatic carbocycles. The minimum Gasteiger partial charge on any atom is -0.453 e. The number of nitrogens with one attached hydrogen (secondary N) is 4. The third-order valence-electron chi connectivity index (χ3n) is 15.8. The Morgan fingerprint density at radius 1 is 0.500 bits per heavy atom. The molecule has 12 rings (SSSR count). The standard InChI is InChI=1S/C58H58N8O6/c1-29(2)51(63-57(69)71-5)55(67)65-47-25-41(47)27-49(65)53-59-43-17-15-39(23-45(43)61-53)37-13-11-33-19-31(7-9-35(33)21-37)32-8-10-36-22-38(14-12-34(36)20-32)40-16-18-44-46(24-40)62-54(60-44)50-28-42-26-48(42)66(50)56(68)52(30(3)4)64-58(70)72-6/h7-24,29-30,41-42,47-52H,25-28H2,1-6H3,(H,59,61)(H,60,62)(H,63,69)(H,64,70)/t41-,42-,47-,48-,49+,50+,51+,52+/m1/s1. The number of ether oxygens (including phenoxy) is 2. The number of carbonyl (C=O) groups is 4. The van der Waals surface area contributed by atoms with Gasteiger partial charge in [-0.1, -0.05) is 88.4 Å². The molecule has 0 radical (unpaired) electrons. The van der Waals surface area contributed by atoms with E-state index >= 15 is 0 Å². The molecule has 2 saturated carbocycles. The lowest BCUT2D eigenvalue weighted by Gasteiger charge is -2.31. The van der Waals surface area contributed by atoms with Crippen LogP contribution >= 0.6 is 0 Å². The lowest BCUT2D eigenvalue weighted by Crippen LogP contribution is -2.52. The predicted octanol–water partition coefficient (Wildman–Crippen LogP) is 10.8. The second-order valence-electron chi connectivity index (χ2n) is 21.1. The zero-order valence-corrected chi connectivity index (χ0v) is 41.2. The Labute approximate surface area is 416 Å². The van der Waals surface area contributed by atoms with Gasteiger partial charge in [0.15, 0.2) is 0 Å². The van der Waals surface area contributed by atoms with E-state index in [4.69, 9.17) is 19.4 Å². The number of hydrogen-bond acceptors (Lipinski definition) is 8. The summed E-state index contributed by atoms with van der Waals surface area (Å²) in [4.78, 5) is 73.2. The average molecular weight is 963 g/mol. The van der Waals surface area contributed by atoms with Crippen molar-refractivity contribution in [1.82, 2.24) is 40.4 Å². The normalized spacial score (nSPS) is 21.8. The highest BCUT2D eigenvalue weighted by atomic mass is 16.5. The molecule has 8 atom stereocenters. The molecule has 0 bridgehead atoms. The van der Waals surface area contributed by atoms with Gasteiger partial charge in [0.05, 0.1) is 48.4 Å². The summed E-state index contributed by atoms with van der Waals surface area (Å²) in [5.41, 5.74) is 10.2. The number of amides is 4. The number of H-pyrrole nitrogens is 2. The lowest BCUT2D eigenvalue weighted by molar-refractivity contribution is -0.137. The number of carbonyl (C=O) groups excluding carboxylic acids is 4. The molecule has 4 fully saturated rings. The van der Waals surface area contributed by atoms with Gasteiger partial charge in [-0.25, -0.2) is 19.6 Å². The molecule has 4 heterocycles. The largest absolute Gasteiger partial charge is 0.453 e. The van der Waals surface area contributed by atoms with Gasteiger partial charge in [-0.05, 0) is 153 Å². The van der Waals surface area contributed by atoms with Crippen LogP contribution in [0.5, 0.6) is 0 Å². The highest BCUT2D eigenvalue weighted by molar-refractivity contribution is 5.96. The molecular weight excluding hydrogens is 905 g/mol. The minimum absolute atomic E-state index is 0.0906. The van der Waals surface area contributed by atoms with Gasteiger partial charge in [0, 0.05) is 12.1 Å². The van der Waals surface area contributed by atoms with E-state index in [2.05, 4.69) is 118 Å². The molecule has 2 aromatic heterocycles. The molecule has 8 aromatic rings. The molecule has 4 aliphatic rings. The SMILES string of the molecule is COC(=O)N[C@H](C(=O)N1[C@@H]2C[C@@H]2C[C@H]1c1nc2ccc(-c3ccc4cc(-c5ccc6cc(-c7ccc8nc([C@@H]9C[C@H]%10C[C@H]%10N9C(=O)[C@@H](NC(=O)OC)C(C)C)[nH]c8c7)ccc6c5)ccc4c3)cc2[nH]1)C(C)C. The monoisotopic (exact) mass is 962 g/mol. The van der Waals surface area contributed by atoms with E-state index in [0.717, 1.165) is 114 Å². The van der Waals surface area contributed by atoms with Crippen LogP contribution in [-0.2, 0) is 19.1 Å². The number of likely N-dealkylation sites (tertiary alicyclic amines) is 2. The molecule has 2 aliphatic heterocycles. The molecule has 72 heavy (non-hydrogen) atoms. The maximum absolute atomic E-state index is 14.0. The Kier molecular flexibility index (Phi) is 11.1. The molecular formula is C58H58N8O6. The third-order valence-corrected chi connectivity index (χ3v) is 15.8. The van der Waals surface area contributed by atoms with Crippen molar-refractivity contribution in [3.63, 3.8) is 0 Å². The number of nitrogens with zero attached hydrogens (tertiary/aromatic N) is 4. The summed E-state index contributed by atoms with van der Waals surface area (Å²) >= 11 is 0. The number of benzene rings is 6. The molecule has 4 amide bonds. The number of rotatable bonds is 11. The Morgan fingerprint density at radius 2 is 0.833 bits per heavy atom. The van der Waals surface area contributed by atoms with Crippen molar-refractivity contribution in [1.29, 1.82) is 0 Å². The number of imidazole rings is 2. The Hall–Kier alpha value is -7.74. The third kappa shape index (κ3) is 8.06. The zero-order valence-electron chi connectivity index (χ0n) is 41.2. The van der Waals surface area contributed by atoms with Crippen LogP contribution in [0.2, 0.25) is 0 Å². The first-order chi connectivity index (χ1) is 34.8. The van der Waals surface area contributed by atoms with Crippen molar-refractivity contribution in [3.8, 4) is 33.4 Å². The van der Waals surface area contributed by atoms with Crippen LogP contribution in [-0.4, -0.2) is 92.1 Å². The summed E-state index contributed by atoms with van der Waals surface area (Å²) in [7, 11) is 2.62. The highest BCUT2D eigenvalue weighted by Crippen LogP contribution is 2.55. The van der Waals surface area contributed by atoms with Gasteiger partial charge in [0.2, 0.25) is 11.8 Å². The first-order valence-electron chi connectivity index (χ1n) is 25.2. The van der Waals surface area contributed by atoms with Crippen LogP contribution in [0, 0.1) is 23.7 Å². The van der Waals surface area contributed by atoms with E-state index in [9.17, 15) is 19.2 Å². The molecule has 0 spiro atoms. The molecule has 14 heteroatoms. The van der Waals surface area contributed by atoms with E-state index < -0.39 is 24.3 Å². The van der Waals surface area contributed by atoms with Crippen molar-refractivity contribution in [2.75, 3.05) is 14.2 Å². The quantitative estimate of drug-likeness (QED) is 0.0991. The first kappa shape index (κ1) is 45.4. The number of methoxy groups -OCH3 is 2. The Bertz CT molecular complexity index is 3280. The molecule has 366 valence electrons. The summed E-state index contributed by atoms with van der Waals surface area (Å²) in [6.45, 7) is 7.73. The summed E-state index contributed by atoms with van der Waals surface area (Å²) in [6.07, 6.45) is 2.44. The number of aromatic nitrogens is 4. The number of fused-ring (bicyclic) bond motifs is 6. The van der Waals surface area contributed by atoms with Crippen molar-refractivity contribution in [2.24, 2.45) is 23.7 Å². The van der Waals surface area contributed by atoms with Crippen LogP contribution in [0.15, 0.2) is 109 Å². The number of hydrogen-bond donors (Lipinski definition) is 4. The smallest absolute Gasteiger partial charge is 0.407 e. The average Bonchev–Trinajstić information content (AvgIpc) is 4.05. The summed E-state index contributed by atoms with van der Waals surface area (Å²) in [6, 6.07) is 37.6. The number of piperidine rings is 2. The fourth-order valence-corrected chi connectivity index (χ4v) is 11.7. The molecule has 0 unspecified atom stereocenters. The Balaban J connectivity index is 0.747. The molecule has 2 saturated heterocycles. The summed E-state index contributed by atoms with van der Waals surface area (Å²) in [5, 5.41) is 10.1. The van der Waals surface area contributed by atoms with E-state index in [1.54, 1.807) is 0 Å². The van der Waals surface area contributed by atoms with Gasteiger partial charge in [0.25, 0.3) is 0 Å². The van der Waals surface area contributed by atoms with Gasteiger partial charge >= 0.3 is 12.2 Å². The highest BCUT2D eigenvalue weighted by Gasteiger charge is 2.57. The second kappa shape index (κ2) is 17.5. The number of alkyl carbamates (subject to hydrolysis) is 2. The van der Waals surface area contributed by atoms with Crippen molar-refractivity contribution in [3.05, 3.63) is 121 Å². The van der Waals surface area contributed by atoms with Crippen LogP contribution in [0.25, 0.3) is 77.0 Å². The van der Waals surface area contributed by atoms with Gasteiger partial charge in [-0.3, -0.25) is 9.59 Å². The summed E-state index contributed by atoms with van der Waals surface area (Å²) < 4.78 is 9.67. The minimum atomic E-state index is -0.679. The molecule has 14 nitrogen and oxygen atoms in total. The van der Waals surface area contributed by atoms with Crippen LogP contribution in [0.3, 0.4) is 0 Å². The van der Waals surface area contributed by atoms with Crippen LogP contribution in [0.4, 0.5) is 9.59 Å². The first-order valence-corrected chi connectivity index (χ1v) is 25.2. The summed E-state index contributed by atoms with van der Waals surface area (Å²) in [5.74, 6) is 2.06. The van der Waals surface area contributed by atoms with Crippen molar-refractivity contribution < 1.29 is 28.7 Å². The van der Waals surface area contributed by atoms with E-state index in [1.807, 2.05) is 49.6 Å². The second-order valence-corrected chi connectivity index (χ2v) is 21.1. The van der Waals surface area contributed by atoms with Crippen LogP contribution in [0.1, 0.15) is 77.1 Å². The maximum atomic E-state index is 14.0. The fourth-order valence-electron chi connectivity index (χ4n) is 11.7. The van der Waals surface area contributed by atoms with Crippen molar-refractivity contribution in [2.45, 2.75) is 89.6 Å². The Morgan fingerprint density at radius 3 is 1.17 bits per heavy atom. The predicted molar refractivity (Wildman–Crippen MR) is 278 cm³/mol. The fraction of sp³-hybridized carbons (Fsp3) is 0.345. The van der Waals surface area contributed by atoms with E-state index in [-0.39, 0.29) is 47.8 Å². The topological polar surface area (TPSA) is 175 Å². The van der Waals surface area contributed by atoms with E-state index in [1.165, 1.54) is 14.2 Å². The van der Waals surface area contributed by atoms with Gasteiger partial charge in [0.1, 0.15) is 23.7 Å². The van der Waals surface area contributed by atoms with Gasteiger partial charge in [-0.2, -0.15) is 0 Å². The van der Waals surface area contributed by atoms with Crippen molar-refractivity contribution >= 4 is 67.6 Å². The molecule has 4 N–H and O–H groups in total. The lowest BCUT2D eigenvalue weighted by atomic mass is 9.95. The zero-order chi connectivity index (χ0) is 49.7. The van der Waals surface area contributed by atoms with Crippen LogP contribution < -0.4 is 10.6 Å². The van der Waals surface area contributed by atoms with Gasteiger partial charge in [-0.15, -0.1) is 0 Å². The maximum Gasteiger partial charge on any atom is 0.407 e.